The summed E-state index contributed by atoms with van der Waals surface area (Å²) in [4.78, 5) is 8.52. The van der Waals surface area contributed by atoms with Gasteiger partial charge in [0.15, 0.2) is 0 Å². The first-order chi connectivity index (χ1) is 9.12. The fourth-order valence-corrected chi connectivity index (χ4v) is 1.97. The molecule has 2 aromatic rings. The van der Waals surface area contributed by atoms with E-state index in [0.29, 0.717) is 34.0 Å². The van der Waals surface area contributed by atoms with Crippen molar-refractivity contribution >= 4 is 33.3 Å². The zero-order valence-electron chi connectivity index (χ0n) is 10.2. The summed E-state index contributed by atoms with van der Waals surface area (Å²) in [5.74, 6) is 6.83. The molecule has 0 atom stereocenters. The SMILES string of the molecule is CCc1nc(NN)cc(Nc2ccc(F)cc2Br)n1. The molecule has 2 rings (SSSR count). The number of aryl methyl sites for hydroxylation is 1. The Balaban J connectivity index is 2.31. The van der Waals surface area contributed by atoms with E-state index in [0.717, 1.165) is 0 Å². The van der Waals surface area contributed by atoms with Gasteiger partial charge in [-0.3, -0.25) is 0 Å². The van der Waals surface area contributed by atoms with Crippen molar-refractivity contribution in [2.45, 2.75) is 13.3 Å². The van der Waals surface area contributed by atoms with E-state index in [1.165, 1.54) is 12.1 Å². The molecule has 0 aliphatic heterocycles. The molecule has 19 heavy (non-hydrogen) atoms. The van der Waals surface area contributed by atoms with E-state index in [4.69, 9.17) is 5.84 Å². The van der Waals surface area contributed by atoms with Gasteiger partial charge in [-0.25, -0.2) is 20.2 Å². The predicted octanol–water partition coefficient (Wildman–Crippen LogP) is 2.97. The number of benzene rings is 1. The molecule has 0 bridgehead atoms. The highest BCUT2D eigenvalue weighted by Crippen LogP contribution is 2.26. The standard InChI is InChI=1S/C12H13BrFN5/c1-2-10-17-11(6-12(18-10)19-15)16-9-4-3-7(14)5-8(9)13/h3-6H,2,15H2,1H3,(H2,16,17,18,19). The molecule has 100 valence electrons. The number of hydrogen-bond acceptors (Lipinski definition) is 5. The Morgan fingerprint density at radius 1 is 1.26 bits per heavy atom. The first-order valence-electron chi connectivity index (χ1n) is 5.69. The summed E-state index contributed by atoms with van der Waals surface area (Å²) in [6.45, 7) is 1.95. The molecular formula is C12H13BrFN5. The normalized spacial score (nSPS) is 10.3. The van der Waals surface area contributed by atoms with Crippen LogP contribution >= 0.6 is 15.9 Å². The Morgan fingerprint density at radius 2 is 2.00 bits per heavy atom. The summed E-state index contributed by atoms with van der Waals surface area (Å²) >= 11 is 3.29. The second-order valence-corrected chi connectivity index (χ2v) is 4.66. The largest absolute Gasteiger partial charge is 0.339 e. The second-order valence-electron chi connectivity index (χ2n) is 3.80. The van der Waals surface area contributed by atoms with Gasteiger partial charge < -0.3 is 10.7 Å². The van der Waals surface area contributed by atoms with E-state index in [9.17, 15) is 4.39 Å². The van der Waals surface area contributed by atoms with E-state index in [-0.39, 0.29) is 5.82 Å². The third-order valence-corrected chi connectivity index (χ3v) is 3.09. The predicted molar refractivity (Wildman–Crippen MR) is 76.6 cm³/mol. The fraction of sp³-hybridized carbons (Fsp3) is 0.167. The van der Waals surface area contributed by atoms with Crippen LogP contribution < -0.4 is 16.6 Å². The Labute approximate surface area is 118 Å². The van der Waals surface area contributed by atoms with Crippen molar-refractivity contribution in [2.24, 2.45) is 5.84 Å². The summed E-state index contributed by atoms with van der Waals surface area (Å²) < 4.78 is 13.6. The van der Waals surface area contributed by atoms with Crippen molar-refractivity contribution in [2.75, 3.05) is 10.7 Å². The van der Waals surface area contributed by atoms with Crippen LogP contribution in [0.1, 0.15) is 12.7 Å². The molecule has 1 aromatic heterocycles. The van der Waals surface area contributed by atoms with Gasteiger partial charge in [0.1, 0.15) is 23.3 Å². The van der Waals surface area contributed by atoms with Crippen molar-refractivity contribution in [3.63, 3.8) is 0 Å². The lowest BCUT2D eigenvalue weighted by Gasteiger charge is -2.10. The van der Waals surface area contributed by atoms with Gasteiger partial charge in [-0.2, -0.15) is 0 Å². The molecule has 0 amide bonds. The van der Waals surface area contributed by atoms with Gasteiger partial charge in [0, 0.05) is 17.0 Å². The molecule has 5 nitrogen and oxygen atoms in total. The molecule has 0 saturated heterocycles. The van der Waals surface area contributed by atoms with Crippen LogP contribution in [0, 0.1) is 5.82 Å². The Kier molecular flexibility index (Phi) is 4.28. The zero-order valence-corrected chi connectivity index (χ0v) is 11.8. The van der Waals surface area contributed by atoms with Crippen LogP contribution in [0.4, 0.5) is 21.7 Å². The number of rotatable bonds is 4. The van der Waals surface area contributed by atoms with Crippen LogP contribution in [-0.4, -0.2) is 9.97 Å². The lowest BCUT2D eigenvalue weighted by atomic mass is 10.3. The molecular weight excluding hydrogens is 313 g/mol. The molecule has 0 aliphatic carbocycles. The van der Waals surface area contributed by atoms with Crippen molar-refractivity contribution in [3.05, 3.63) is 40.4 Å². The fourth-order valence-electron chi connectivity index (χ4n) is 1.52. The maximum atomic E-state index is 13.0. The van der Waals surface area contributed by atoms with Crippen LogP contribution in [0.5, 0.6) is 0 Å². The summed E-state index contributed by atoms with van der Waals surface area (Å²) in [5, 5.41) is 3.09. The lowest BCUT2D eigenvalue weighted by Crippen LogP contribution is -2.11. The van der Waals surface area contributed by atoms with E-state index in [1.54, 1.807) is 12.1 Å². The maximum Gasteiger partial charge on any atom is 0.145 e. The number of nitrogens with one attached hydrogen (secondary N) is 2. The molecule has 0 fully saturated rings. The quantitative estimate of drug-likeness (QED) is 0.595. The number of nitrogens with two attached hydrogens (primary N) is 1. The van der Waals surface area contributed by atoms with Gasteiger partial charge in [0.2, 0.25) is 0 Å². The highest BCUT2D eigenvalue weighted by atomic mass is 79.9. The van der Waals surface area contributed by atoms with Gasteiger partial charge >= 0.3 is 0 Å². The number of halogens is 2. The second kappa shape index (κ2) is 5.94. The van der Waals surface area contributed by atoms with E-state index >= 15 is 0 Å². The third kappa shape index (κ3) is 3.39. The first-order valence-corrected chi connectivity index (χ1v) is 6.48. The van der Waals surface area contributed by atoms with Crippen molar-refractivity contribution in [1.82, 2.24) is 9.97 Å². The van der Waals surface area contributed by atoms with Gasteiger partial charge in [-0.1, -0.05) is 6.92 Å². The summed E-state index contributed by atoms with van der Waals surface area (Å²) in [6, 6.07) is 6.06. The smallest absolute Gasteiger partial charge is 0.145 e. The Bertz CT molecular complexity index is 568. The minimum absolute atomic E-state index is 0.307. The maximum absolute atomic E-state index is 13.0. The minimum atomic E-state index is -0.307. The number of aromatic nitrogens is 2. The number of hydrazine groups is 1. The topological polar surface area (TPSA) is 75.9 Å². The molecule has 0 unspecified atom stereocenters. The number of anilines is 3. The van der Waals surface area contributed by atoms with Gasteiger partial charge in [0.25, 0.3) is 0 Å². The molecule has 7 heteroatoms. The summed E-state index contributed by atoms with van der Waals surface area (Å²) in [6.07, 6.45) is 0.689. The van der Waals surface area contributed by atoms with Crippen molar-refractivity contribution < 1.29 is 4.39 Å². The van der Waals surface area contributed by atoms with Crippen LogP contribution in [0.15, 0.2) is 28.7 Å². The van der Waals surface area contributed by atoms with E-state index in [2.05, 4.69) is 36.6 Å². The summed E-state index contributed by atoms with van der Waals surface area (Å²) in [5.41, 5.74) is 3.20. The van der Waals surface area contributed by atoms with E-state index < -0.39 is 0 Å². The highest BCUT2D eigenvalue weighted by Gasteiger charge is 2.06. The van der Waals surface area contributed by atoms with Gasteiger partial charge in [0.05, 0.1) is 5.69 Å². The van der Waals surface area contributed by atoms with Crippen molar-refractivity contribution in [3.8, 4) is 0 Å². The monoisotopic (exact) mass is 325 g/mol. The molecule has 0 aliphatic rings. The van der Waals surface area contributed by atoms with Gasteiger partial charge in [-0.15, -0.1) is 0 Å². The molecule has 0 spiro atoms. The van der Waals surface area contributed by atoms with Crippen LogP contribution in [0.25, 0.3) is 0 Å². The average Bonchev–Trinajstić information content (AvgIpc) is 2.41. The highest BCUT2D eigenvalue weighted by molar-refractivity contribution is 9.10. The first kappa shape index (κ1) is 13.7. The molecule has 0 saturated carbocycles. The molecule has 1 aromatic carbocycles. The minimum Gasteiger partial charge on any atom is -0.339 e. The summed E-state index contributed by atoms with van der Waals surface area (Å²) in [7, 11) is 0. The number of hydrogen-bond donors (Lipinski definition) is 3. The van der Waals surface area contributed by atoms with Crippen molar-refractivity contribution in [1.29, 1.82) is 0 Å². The van der Waals surface area contributed by atoms with Gasteiger partial charge in [-0.05, 0) is 34.1 Å². The van der Waals surface area contributed by atoms with E-state index in [1.807, 2.05) is 6.92 Å². The number of nitrogen functional groups attached to an aromatic ring is 1. The third-order valence-electron chi connectivity index (χ3n) is 2.43. The van der Waals surface area contributed by atoms with Crippen LogP contribution in [0.3, 0.4) is 0 Å². The Hall–Kier alpha value is -1.73. The molecule has 1 heterocycles. The Morgan fingerprint density at radius 3 is 2.63 bits per heavy atom. The lowest BCUT2D eigenvalue weighted by molar-refractivity contribution is 0.627. The average molecular weight is 326 g/mol. The van der Waals surface area contributed by atoms with Crippen LogP contribution in [0.2, 0.25) is 0 Å². The van der Waals surface area contributed by atoms with Crippen LogP contribution in [-0.2, 0) is 6.42 Å². The molecule has 4 N–H and O–H groups in total. The zero-order chi connectivity index (χ0) is 13.8. The number of nitrogens with zero attached hydrogens (tertiary/aromatic N) is 2. The molecule has 0 radical (unpaired) electrons.